The van der Waals surface area contributed by atoms with Crippen molar-refractivity contribution in [3.05, 3.63) is 0 Å². The smallest absolute Gasteiger partial charge is 0.154 e. The van der Waals surface area contributed by atoms with Crippen molar-refractivity contribution in [2.45, 2.75) is 13.2 Å². The predicted octanol–water partition coefficient (Wildman–Crippen LogP) is -0.0459. The molecule has 0 radical (unpaired) electrons. The molecule has 3 heteroatoms. The zero-order chi connectivity index (χ0) is 6.41. The van der Waals surface area contributed by atoms with Gasteiger partial charge in [0.15, 0.2) is 6.29 Å². The molecule has 2 N–H and O–H groups in total. The van der Waals surface area contributed by atoms with Crippen LogP contribution in [0.15, 0.2) is 0 Å². The van der Waals surface area contributed by atoms with Crippen molar-refractivity contribution in [1.29, 1.82) is 0 Å². The molecule has 0 spiro atoms. The van der Waals surface area contributed by atoms with Crippen molar-refractivity contribution in [2.75, 3.05) is 20.3 Å². The fourth-order valence-electron chi connectivity index (χ4n) is 0.302. The number of nitrogens with two attached hydrogens (primary N) is 1. The zero-order valence-corrected chi connectivity index (χ0v) is 5.39. The standard InChI is InChI=1S/C5H13NO2/c1-5(7-2)8-4-3-6/h5H,3-4,6H2,1-2H3. The maximum Gasteiger partial charge on any atom is 0.154 e. The minimum absolute atomic E-state index is 0.126. The highest BCUT2D eigenvalue weighted by Gasteiger charge is 1.93. The largest absolute Gasteiger partial charge is 0.356 e. The number of methoxy groups -OCH3 is 1. The maximum atomic E-state index is 5.15. The third-order valence-electron chi connectivity index (χ3n) is 0.802. The van der Waals surface area contributed by atoms with Gasteiger partial charge < -0.3 is 15.2 Å². The molecule has 0 saturated heterocycles. The van der Waals surface area contributed by atoms with Crippen LogP contribution in [0.2, 0.25) is 0 Å². The molecular formula is C5H13NO2. The molecule has 0 bridgehead atoms. The summed E-state index contributed by atoms with van der Waals surface area (Å²) in [6.07, 6.45) is -0.126. The van der Waals surface area contributed by atoms with E-state index in [9.17, 15) is 0 Å². The SMILES string of the molecule is COC(C)OCCN. The normalized spacial score (nSPS) is 13.9. The summed E-state index contributed by atoms with van der Waals surface area (Å²) < 4.78 is 9.77. The Morgan fingerprint density at radius 3 is 2.62 bits per heavy atom. The molecule has 0 aliphatic carbocycles. The van der Waals surface area contributed by atoms with E-state index in [2.05, 4.69) is 0 Å². The summed E-state index contributed by atoms with van der Waals surface area (Å²) in [5.41, 5.74) is 5.15. The second-order valence-electron chi connectivity index (χ2n) is 1.46. The van der Waals surface area contributed by atoms with Crippen LogP contribution in [-0.4, -0.2) is 26.6 Å². The van der Waals surface area contributed by atoms with Gasteiger partial charge in [-0.3, -0.25) is 0 Å². The Kier molecular flexibility index (Phi) is 4.95. The number of rotatable bonds is 4. The average Bonchev–Trinajstić information content (AvgIpc) is 1.83. The fourth-order valence-corrected chi connectivity index (χ4v) is 0.302. The molecule has 0 aromatic rings. The first-order valence-electron chi connectivity index (χ1n) is 2.65. The molecule has 0 aromatic carbocycles. The van der Waals surface area contributed by atoms with E-state index in [1.165, 1.54) is 0 Å². The summed E-state index contributed by atoms with van der Waals surface area (Å²) in [7, 11) is 1.60. The minimum atomic E-state index is -0.126. The summed E-state index contributed by atoms with van der Waals surface area (Å²) in [6.45, 7) is 2.94. The Morgan fingerprint density at radius 1 is 1.62 bits per heavy atom. The highest BCUT2D eigenvalue weighted by atomic mass is 16.7. The first kappa shape index (κ1) is 7.88. The first-order valence-corrected chi connectivity index (χ1v) is 2.65. The van der Waals surface area contributed by atoms with Crippen molar-refractivity contribution >= 4 is 0 Å². The van der Waals surface area contributed by atoms with E-state index in [0.717, 1.165) is 0 Å². The van der Waals surface area contributed by atoms with Crippen LogP contribution in [0.25, 0.3) is 0 Å². The molecule has 3 nitrogen and oxygen atoms in total. The quantitative estimate of drug-likeness (QED) is 0.528. The summed E-state index contributed by atoms with van der Waals surface area (Å²) in [4.78, 5) is 0. The van der Waals surface area contributed by atoms with Gasteiger partial charge in [-0.2, -0.15) is 0 Å². The van der Waals surface area contributed by atoms with E-state index < -0.39 is 0 Å². The molecule has 0 aliphatic heterocycles. The molecule has 0 amide bonds. The van der Waals surface area contributed by atoms with Crippen molar-refractivity contribution < 1.29 is 9.47 Å². The van der Waals surface area contributed by atoms with Crippen LogP contribution in [0.4, 0.5) is 0 Å². The predicted molar refractivity (Wildman–Crippen MR) is 31.5 cm³/mol. The summed E-state index contributed by atoms with van der Waals surface area (Å²) >= 11 is 0. The van der Waals surface area contributed by atoms with E-state index in [4.69, 9.17) is 15.2 Å². The van der Waals surface area contributed by atoms with E-state index in [1.54, 1.807) is 7.11 Å². The molecule has 0 aliphatic rings. The monoisotopic (exact) mass is 119 g/mol. The van der Waals surface area contributed by atoms with E-state index >= 15 is 0 Å². The van der Waals surface area contributed by atoms with Crippen LogP contribution < -0.4 is 5.73 Å². The van der Waals surface area contributed by atoms with Gasteiger partial charge in [-0.15, -0.1) is 0 Å². The third kappa shape index (κ3) is 4.05. The van der Waals surface area contributed by atoms with Crippen LogP contribution in [0.3, 0.4) is 0 Å². The van der Waals surface area contributed by atoms with Gasteiger partial charge in [-0.25, -0.2) is 0 Å². The zero-order valence-electron chi connectivity index (χ0n) is 5.39. The van der Waals surface area contributed by atoms with Crippen LogP contribution >= 0.6 is 0 Å². The Balaban J connectivity index is 2.86. The van der Waals surface area contributed by atoms with Crippen LogP contribution in [0.1, 0.15) is 6.92 Å². The van der Waals surface area contributed by atoms with Crippen molar-refractivity contribution in [1.82, 2.24) is 0 Å². The topological polar surface area (TPSA) is 44.5 Å². The lowest BCUT2D eigenvalue weighted by molar-refractivity contribution is -0.108. The fraction of sp³-hybridized carbons (Fsp3) is 1.00. The van der Waals surface area contributed by atoms with Crippen molar-refractivity contribution in [3.8, 4) is 0 Å². The highest BCUT2D eigenvalue weighted by molar-refractivity contribution is 4.31. The minimum Gasteiger partial charge on any atom is -0.356 e. The number of hydrogen-bond acceptors (Lipinski definition) is 3. The van der Waals surface area contributed by atoms with E-state index in [-0.39, 0.29) is 6.29 Å². The lowest BCUT2D eigenvalue weighted by Gasteiger charge is -2.08. The molecule has 0 rings (SSSR count). The van der Waals surface area contributed by atoms with E-state index in [1.807, 2.05) is 6.92 Å². The second kappa shape index (κ2) is 5.03. The molecule has 0 heterocycles. The molecule has 50 valence electrons. The summed E-state index contributed by atoms with van der Waals surface area (Å²) in [5, 5.41) is 0. The highest BCUT2D eigenvalue weighted by Crippen LogP contribution is 1.87. The number of ether oxygens (including phenoxy) is 2. The van der Waals surface area contributed by atoms with Gasteiger partial charge in [0.2, 0.25) is 0 Å². The van der Waals surface area contributed by atoms with Crippen LogP contribution in [-0.2, 0) is 9.47 Å². The maximum absolute atomic E-state index is 5.15. The van der Waals surface area contributed by atoms with Gasteiger partial charge in [0.25, 0.3) is 0 Å². The van der Waals surface area contributed by atoms with E-state index in [0.29, 0.717) is 13.2 Å². The van der Waals surface area contributed by atoms with Crippen molar-refractivity contribution in [2.24, 2.45) is 5.73 Å². The summed E-state index contributed by atoms with van der Waals surface area (Å²) in [5.74, 6) is 0. The van der Waals surface area contributed by atoms with Gasteiger partial charge in [0, 0.05) is 13.7 Å². The third-order valence-corrected chi connectivity index (χ3v) is 0.802. The Labute approximate surface area is 49.8 Å². The molecule has 1 atom stereocenters. The first-order chi connectivity index (χ1) is 3.81. The molecule has 8 heavy (non-hydrogen) atoms. The molecular weight excluding hydrogens is 106 g/mol. The van der Waals surface area contributed by atoms with Gasteiger partial charge in [-0.1, -0.05) is 0 Å². The second-order valence-corrected chi connectivity index (χ2v) is 1.46. The molecule has 1 unspecified atom stereocenters. The van der Waals surface area contributed by atoms with Crippen LogP contribution in [0.5, 0.6) is 0 Å². The Morgan fingerprint density at radius 2 is 2.25 bits per heavy atom. The lowest BCUT2D eigenvalue weighted by atomic mass is 10.7. The van der Waals surface area contributed by atoms with Gasteiger partial charge in [0.1, 0.15) is 0 Å². The van der Waals surface area contributed by atoms with Gasteiger partial charge in [-0.05, 0) is 6.92 Å². The Bertz CT molecular complexity index is 49.7. The van der Waals surface area contributed by atoms with Gasteiger partial charge in [0.05, 0.1) is 6.61 Å². The molecule has 0 fully saturated rings. The number of hydrogen-bond donors (Lipinski definition) is 1. The lowest BCUT2D eigenvalue weighted by Crippen LogP contribution is -2.16. The average molecular weight is 119 g/mol. The van der Waals surface area contributed by atoms with Crippen molar-refractivity contribution in [3.63, 3.8) is 0 Å². The van der Waals surface area contributed by atoms with Gasteiger partial charge >= 0.3 is 0 Å². The molecule has 0 saturated carbocycles. The summed E-state index contributed by atoms with van der Waals surface area (Å²) in [6, 6.07) is 0. The molecule has 0 aromatic heterocycles. The van der Waals surface area contributed by atoms with Crippen LogP contribution in [0, 0.1) is 0 Å². The Hall–Kier alpha value is -0.120.